The topological polar surface area (TPSA) is 59.6 Å². The van der Waals surface area contributed by atoms with Crippen molar-refractivity contribution < 1.29 is 14.3 Å². The minimum atomic E-state index is -0.139. The van der Waals surface area contributed by atoms with Crippen LogP contribution in [0.5, 0.6) is 11.5 Å². The van der Waals surface area contributed by atoms with Gasteiger partial charge in [-0.2, -0.15) is 0 Å². The molecule has 6 heteroatoms. The van der Waals surface area contributed by atoms with E-state index in [0.717, 1.165) is 15.9 Å². The molecule has 0 bridgehead atoms. The van der Waals surface area contributed by atoms with E-state index in [1.807, 2.05) is 72.8 Å². The maximum atomic E-state index is 12.2. The van der Waals surface area contributed by atoms with E-state index in [4.69, 9.17) is 9.47 Å². The van der Waals surface area contributed by atoms with Gasteiger partial charge in [0.05, 0.1) is 6.54 Å². The van der Waals surface area contributed by atoms with Gasteiger partial charge in [0.2, 0.25) is 5.91 Å². The summed E-state index contributed by atoms with van der Waals surface area (Å²) in [5.41, 5.74) is 1.55. The second kappa shape index (κ2) is 10.4. The average Bonchev–Trinajstić information content (AvgIpc) is 2.72. The van der Waals surface area contributed by atoms with Crippen LogP contribution in [-0.2, 0) is 4.79 Å². The highest BCUT2D eigenvalue weighted by Gasteiger charge is 2.05. The first-order valence-corrected chi connectivity index (χ1v) is 9.69. The molecular weight excluding hydrogens is 420 g/mol. The maximum Gasteiger partial charge on any atom is 0.243 e. The van der Waals surface area contributed by atoms with Gasteiger partial charge in [-0.05, 0) is 52.3 Å². The number of ether oxygens (including phenoxy) is 2. The highest BCUT2D eigenvalue weighted by atomic mass is 79.9. The van der Waals surface area contributed by atoms with Crippen molar-refractivity contribution in [3.05, 3.63) is 83.3 Å². The van der Waals surface area contributed by atoms with Crippen molar-refractivity contribution in [2.45, 2.75) is 0 Å². The van der Waals surface area contributed by atoms with Crippen molar-refractivity contribution in [3.63, 3.8) is 0 Å². The lowest BCUT2D eigenvalue weighted by Gasteiger charge is -2.11. The lowest BCUT2D eigenvalue weighted by molar-refractivity contribution is -0.114. The van der Waals surface area contributed by atoms with Crippen LogP contribution in [0, 0.1) is 0 Å². The molecule has 0 atom stereocenters. The third-order valence-corrected chi connectivity index (χ3v) is 4.49. The summed E-state index contributed by atoms with van der Waals surface area (Å²) in [4.78, 5) is 12.2. The second-order valence-electron chi connectivity index (χ2n) is 5.92. The van der Waals surface area contributed by atoms with Crippen LogP contribution in [0.2, 0.25) is 0 Å². The molecule has 0 aliphatic rings. The quantitative estimate of drug-likeness (QED) is 0.461. The number of para-hydroxylation sites is 2. The number of carbonyl (C=O) groups is 1. The zero-order chi connectivity index (χ0) is 19.6. The summed E-state index contributed by atoms with van der Waals surface area (Å²) in [7, 11) is 0. The number of carbonyl (C=O) groups excluding carboxylic acids is 1. The van der Waals surface area contributed by atoms with E-state index in [9.17, 15) is 4.79 Å². The van der Waals surface area contributed by atoms with Crippen LogP contribution < -0.4 is 20.1 Å². The zero-order valence-electron chi connectivity index (χ0n) is 15.2. The lowest BCUT2D eigenvalue weighted by Crippen LogP contribution is -2.21. The molecule has 0 spiro atoms. The molecule has 1 amide bonds. The van der Waals surface area contributed by atoms with Crippen molar-refractivity contribution >= 4 is 33.2 Å². The molecule has 0 fully saturated rings. The van der Waals surface area contributed by atoms with Gasteiger partial charge < -0.3 is 20.1 Å². The van der Waals surface area contributed by atoms with Crippen LogP contribution in [0.25, 0.3) is 0 Å². The molecule has 3 rings (SSSR count). The Morgan fingerprint density at radius 3 is 2.29 bits per heavy atom. The SMILES string of the molecule is O=C(CNc1ccccc1Br)Nc1cccc(OCCOc2ccccc2)c1. The Bertz CT molecular complexity index is 903. The molecule has 0 saturated carbocycles. The van der Waals surface area contributed by atoms with E-state index in [-0.39, 0.29) is 12.5 Å². The molecule has 3 aromatic carbocycles. The number of halogens is 1. The molecule has 0 radical (unpaired) electrons. The molecule has 0 aliphatic heterocycles. The smallest absolute Gasteiger partial charge is 0.243 e. The van der Waals surface area contributed by atoms with Crippen molar-refractivity contribution in [1.29, 1.82) is 0 Å². The number of amides is 1. The van der Waals surface area contributed by atoms with Gasteiger partial charge in [-0.1, -0.05) is 36.4 Å². The van der Waals surface area contributed by atoms with Crippen LogP contribution >= 0.6 is 15.9 Å². The molecule has 2 N–H and O–H groups in total. The predicted octanol–water partition coefficient (Wildman–Crippen LogP) is 4.96. The number of benzene rings is 3. The number of hydrogen-bond donors (Lipinski definition) is 2. The normalized spacial score (nSPS) is 10.2. The fourth-order valence-electron chi connectivity index (χ4n) is 2.48. The highest BCUT2D eigenvalue weighted by Crippen LogP contribution is 2.21. The Morgan fingerprint density at radius 2 is 1.50 bits per heavy atom. The van der Waals surface area contributed by atoms with Gasteiger partial charge in [0.25, 0.3) is 0 Å². The standard InChI is InChI=1S/C22H21BrN2O3/c23-20-11-4-5-12-21(20)24-16-22(26)25-17-7-6-10-19(15-17)28-14-13-27-18-8-2-1-3-9-18/h1-12,15,24H,13-14,16H2,(H,25,26). The van der Waals surface area contributed by atoms with Gasteiger partial charge in [0.15, 0.2) is 0 Å². The van der Waals surface area contributed by atoms with Gasteiger partial charge in [-0.25, -0.2) is 0 Å². The van der Waals surface area contributed by atoms with Crippen molar-refractivity contribution in [1.82, 2.24) is 0 Å². The van der Waals surface area contributed by atoms with Crippen LogP contribution in [0.4, 0.5) is 11.4 Å². The molecular formula is C22H21BrN2O3. The Morgan fingerprint density at radius 1 is 0.821 bits per heavy atom. The minimum absolute atomic E-state index is 0.139. The predicted molar refractivity (Wildman–Crippen MR) is 115 cm³/mol. The highest BCUT2D eigenvalue weighted by molar-refractivity contribution is 9.10. The minimum Gasteiger partial charge on any atom is -0.490 e. The van der Waals surface area contributed by atoms with Crippen LogP contribution in [-0.4, -0.2) is 25.7 Å². The summed E-state index contributed by atoms with van der Waals surface area (Å²) >= 11 is 3.45. The molecule has 144 valence electrons. The van der Waals surface area contributed by atoms with Gasteiger partial charge in [0.1, 0.15) is 24.7 Å². The van der Waals surface area contributed by atoms with Gasteiger partial charge in [-0.15, -0.1) is 0 Å². The average molecular weight is 441 g/mol. The van der Waals surface area contributed by atoms with E-state index in [2.05, 4.69) is 26.6 Å². The lowest BCUT2D eigenvalue weighted by atomic mass is 10.3. The first-order chi connectivity index (χ1) is 13.7. The monoisotopic (exact) mass is 440 g/mol. The molecule has 5 nitrogen and oxygen atoms in total. The van der Waals surface area contributed by atoms with Gasteiger partial charge >= 0.3 is 0 Å². The van der Waals surface area contributed by atoms with E-state index in [1.165, 1.54) is 0 Å². The Labute approximate surface area is 172 Å². The van der Waals surface area contributed by atoms with Crippen molar-refractivity contribution in [2.24, 2.45) is 0 Å². The molecule has 3 aromatic rings. The zero-order valence-corrected chi connectivity index (χ0v) is 16.8. The van der Waals surface area contributed by atoms with Gasteiger partial charge in [0, 0.05) is 21.9 Å². The second-order valence-corrected chi connectivity index (χ2v) is 6.77. The van der Waals surface area contributed by atoms with Gasteiger partial charge in [-0.3, -0.25) is 4.79 Å². The maximum absolute atomic E-state index is 12.2. The summed E-state index contributed by atoms with van der Waals surface area (Å²) in [6.07, 6.45) is 0. The third kappa shape index (κ3) is 6.32. The first kappa shape index (κ1) is 19.8. The third-order valence-electron chi connectivity index (χ3n) is 3.80. The summed E-state index contributed by atoms with van der Waals surface area (Å²) in [6, 6.07) is 24.5. The van der Waals surface area contributed by atoms with E-state index in [0.29, 0.717) is 24.7 Å². The fraction of sp³-hybridized carbons (Fsp3) is 0.136. The van der Waals surface area contributed by atoms with E-state index in [1.54, 1.807) is 6.07 Å². The number of rotatable bonds is 9. The van der Waals surface area contributed by atoms with Crippen molar-refractivity contribution in [2.75, 3.05) is 30.4 Å². The molecule has 0 unspecified atom stereocenters. The molecule has 0 heterocycles. The molecule has 0 saturated heterocycles. The first-order valence-electron chi connectivity index (χ1n) is 8.90. The fourth-order valence-corrected chi connectivity index (χ4v) is 2.91. The molecule has 28 heavy (non-hydrogen) atoms. The summed E-state index contributed by atoms with van der Waals surface area (Å²) in [6.45, 7) is 1.02. The summed E-state index contributed by atoms with van der Waals surface area (Å²) in [5, 5.41) is 5.96. The number of anilines is 2. The summed E-state index contributed by atoms with van der Waals surface area (Å²) < 4.78 is 12.2. The Hall–Kier alpha value is -2.99. The summed E-state index contributed by atoms with van der Waals surface area (Å²) in [5.74, 6) is 1.35. The largest absolute Gasteiger partial charge is 0.490 e. The molecule has 0 aromatic heterocycles. The Balaban J connectivity index is 1.43. The number of hydrogen-bond acceptors (Lipinski definition) is 4. The van der Waals surface area contributed by atoms with Crippen LogP contribution in [0.1, 0.15) is 0 Å². The molecule has 0 aliphatic carbocycles. The van der Waals surface area contributed by atoms with Crippen LogP contribution in [0.15, 0.2) is 83.3 Å². The van der Waals surface area contributed by atoms with Crippen LogP contribution in [0.3, 0.4) is 0 Å². The Kier molecular flexibility index (Phi) is 7.32. The van der Waals surface area contributed by atoms with E-state index < -0.39 is 0 Å². The number of nitrogens with one attached hydrogen (secondary N) is 2. The van der Waals surface area contributed by atoms with E-state index >= 15 is 0 Å². The van der Waals surface area contributed by atoms with Crippen molar-refractivity contribution in [3.8, 4) is 11.5 Å².